The zero-order chi connectivity index (χ0) is 11.8. The van der Waals surface area contributed by atoms with Crippen molar-refractivity contribution < 1.29 is 9.47 Å². The number of ether oxygens (including phenoxy) is 2. The highest BCUT2D eigenvalue weighted by atomic mass is 16.5. The maximum Gasteiger partial charge on any atom is 0.0671 e. The summed E-state index contributed by atoms with van der Waals surface area (Å²) in [5, 5.41) is 3.42. The second-order valence-electron chi connectivity index (χ2n) is 5.25. The van der Waals surface area contributed by atoms with Crippen molar-refractivity contribution in [3.63, 3.8) is 0 Å². The summed E-state index contributed by atoms with van der Waals surface area (Å²) in [6, 6.07) is 0. The summed E-state index contributed by atoms with van der Waals surface area (Å²) in [5.41, 5.74) is 0. The van der Waals surface area contributed by atoms with Gasteiger partial charge >= 0.3 is 0 Å². The largest absolute Gasteiger partial charge is 0.381 e. The van der Waals surface area contributed by atoms with Crippen LogP contribution in [0.25, 0.3) is 0 Å². The van der Waals surface area contributed by atoms with E-state index in [4.69, 9.17) is 9.47 Å². The minimum Gasteiger partial charge on any atom is -0.381 e. The van der Waals surface area contributed by atoms with Crippen LogP contribution in [0.3, 0.4) is 0 Å². The van der Waals surface area contributed by atoms with E-state index in [9.17, 15) is 0 Å². The predicted molar refractivity (Wildman–Crippen MR) is 66.7 cm³/mol. The van der Waals surface area contributed by atoms with Crippen molar-refractivity contribution in [1.29, 1.82) is 0 Å². The first kappa shape index (κ1) is 13.9. The summed E-state index contributed by atoms with van der Waals surface area (Å²) in [5.74, 6) is 1.42. The topological polar surface area (TPSA) is 30.5 Å². The van der Waals surface area contributed by atoms with Gasteiger partial charge in [-0.1, -0.05) is 13.8 Å². The lowest BCUT2D eigenvalue weighted by Crippen LogP contribution is -2.31. The van der Waals surface area contributed by atoms with Gasteiger partial charge < -0.3 is 14.8 Å². The van der Waals surface area contributed by atoms with Crippen molar-refractivity contribution in [3.8, 4) is 0 Å². The molecule has 16 heavy (non-hydrogen) atoms. The molecule has 1 aliphatic rings. The summed E-state index contributed by atoms with van der Waals surface area (Å²) >= 11 is 0. The maximum atomic E-state index is 5.85. The molecule has 1 rings (SSSR count). The molecule has 0 amide bonds. The highest BCUT2D eigenvalue weighted by molar-refractivity contribution is 4.64. The van der Waals surface area contributed by atoms with Crippen LogP contribution >= 0.6 is 0 Å². The quantitative estimate of drug-likeness (QED) is 0.725. The fraction of sp³-hybridized carbons (Fsp3) is 1.00. The van der Waals surface area contributed by atoms with Crippen LogP contribution in [-0.2, 0) is 9.47 Å². The third-order valence-electron chi connectivity index (χ3n) is 2.94. The van der Waals surface area contributed by atoms with Crippen molar-refractivity contribution in [2.24, 2.45) is 11.8 Å². The maximum absolute atomic E-state index is 5.85. The second-order valence-corrected chi connectivity index (χ2v) is 5.25. The van der Waals surface area contributed by atoms with E-state index in [1.54, 1.807) is 0 Å². The Balaban J connectivity index is 1.98. The molecule has 0 aromatic carbocycles. The molecule has 1 unspecified atom stereocenters. The molecule has 1 atom stereocenters. The minimum atomic E-state index is 0.321. The lowest BCUT2D eigenvalue weighted by molar-refractivity contribution is -0.00442. The van der Waals surface area contributed by atoms with E-state index in [0.29, 0.717) is 17.9 Å². The van der Waals surface area contributed by atoms with Gasteiger partial charge in [-0.3, -0.25) is 0 Å². The van der Waals surface area contributed by atoms with Crippen molar-refractivity contribution in [2.45, 2.75) is 39.7 Å². The zero-order valence-electron chi connectivity index (χ0n) is 11.0. The van der Waals surface area contributed by atoms with Gasteiger partial charge in [0.05, 0.1) is 6.10 Å². The van der Waals surface area contributed by atoms with E-state index in [1.165, 1.54) is 0 Å². The fourth-order valence-electron chi connectivity index (χ4n) is 1.85. The van der Waals surface area contributed by atoms with E-state index in [1.807, 2.05) is 0 Å². The summed E-state index contributed by atoms with van der Waals surface area (Å²) < 4.78 is 11.2. The molecule has 3 heteroatoms. The molecule has 0 radical (unpaired) electrons. The zero-order valence-corrected chi connectivity index (χ0v) is 11.0. The Morgan fingerprint density at radius 1 is 1.19 bits per heavy atom. The van der Waals surface area contributed by atoms with Crippen LogP contribution in [0.15, 0.2) is 0 Å². The molecule has 1 N–H and O–H groups in total. The van der Waals surface area contributed by atoms with Crippen LogP contribution in [0.5, 0.6) is 0 Å². The van der Waals surface area contributed by atoms with Crippen LogP contribution in [0.4, 0.5) is 0 Å². The molecule has 0 bridgehead atoms. The van der Waals surface area contributed by atoms with Gasteiger partial charge in [-0.05, 0) is 38.1 Å². The van der Waals surface area contributed by atoms with Crippen LogP contribution in [0, 0.1) is 11.8 Å². The monoisotopic (exact) mass is 229 g/mol. The summed E-state index contributed by atoms with van der Waals surface area (Å²) in [6.45, 7) is 11.3. The van der Waals surface area contributed by atoms with Crippen molar-refractivity contribution in [1.82, 2.24) is 5.32 Å². The first-order valence-electron chi connectivity index (χ1n) is 6.58. The Morgan fingerprint density at radius 2 is 1.88 bits per heavy atom. The molecule has 1 aliphatic heterocycles. The SMILES string of the molecule is CC(C)CNCC(C)OCC1CCOCC1. The Bertz CT molecular complexity index is 167. The Labute approximate surface area is 99.9 Å². The summed E-state index contributed by atoms with van der Waals surface area (Å²) in [6.07, 6.45) is 2.64. The van der Waals surface area contributed by atoms with Crippen LogP contribution < -0.4 is 5.32 Å². The van der Waals surface area contributed by atoms with Crippen LogP contribution in [-0.4, -0.2) is 39.0 Å². The first-order valence-corrected chi connectivity index (χ1v) is 6.58. The Kier molecular flexibility index (Phi) is 7.01. The first-order chi connectivity index (χ1) is 7.68. The number of nitrogens with one attached hydrogen (secondary N) is 1. The highest BCUT2D eigenvalue weighted by Crippen LogP contribution is 2.15. The fourth-order valence-corrected chi connectivity index (χ4v) is 1.85. The molecule has 0 aromatic heterocycles. The molecule has 3 nitrogen and oxygen atoms in total. The van der Waals surface area contributed by atoms with Gasteiger partial charge in [-0.25, -0.2) is 0 Å². The Hall–Kier alpha value is -0.120. The summed E-state index contributed by atoms with van der Waals surface area (Å²) in [4.78, 5) is 0. The molecule has 0 saturated carbocycles. The molecule has 1 heterocycles. The third kappa shape index (κ3) is 6.46. The molecule has 96 valence electrons. The van der Waals surface area contributed by atoms with Gasteiger partial charge in [0.15, 0.2) is 0 Å². The molecule has 0 aliphatic carbocycles. The van der Waals surface area contributed by atoms with Gasteiger partial charge in [0.1, 0.15) is 0 Å². The number of rotatable bonds is 7. The second kappa shape index (κ2) is 8.04. The van der Waals surface area contributed by atoms with E-state index < -0.39 is 0 Å². The predicted octanol–water partition coefficient (Wildman–Crippen LogP) is 2.06. The van der Waals surface area contributed by atoms with Gasteiger partial charge in [-0.2, -0.15) is 0 Å². The smallest absolute Gasteiger partial charge is 0.0671 e. The van der Waals surface area contributed by atoms with Gasteiger partial charge in [0.25, 0.3) is 0 Å². The average Bonchev–Trinajstić information content (AvgIpc) is 2.27. The van der Waals surface area contributed by atoms with E-state index >= 15 is 0 Å². The normalized spacial score (nSPS) is 20.2. The van der Waals surface area contributed by atoms with E-state index in [2.05, 4.69) is 26.1 Å². The summed E-state index contributed by atoms with van der Waals surface area (Å²) in [7, 11) is 0. The van der Waals surface area contributed by atoms with Crippen LogP contribution in [0.1, 0.15) is 33.6 Å². The Morgan fingerprint density at radius 3 is 2.50 bits per heavy atom. The third-order valence-corrected chi connectivity index (χ3v) is 2.94. The lowest BCUT2D eigenvalue weighted by atomic mass is 10.0. The number of hydrogen-bond acceptors (Lipinski definition) is 3. The lowest BCUT2D eigenvalue weighted by Gasteiger charge is -2.24. The molecule has 0 aromatic rings. The van der Waals surface area contributed by atoms with Gasteiger partial charge in [-0.15, -0.1) is 0 Å². The van der Waals surface area contributed by atoms with Crippen molar-refractivity contribution in [3.05, 3.63) is 0 Å². The molecular formula is C13H27NO2. The minimum absolute atomic E-state index is 0.321. The standard InChI is InChI=1S/C13H27NO2/c1-11(2)8-14-9-12(3)16-10-13-4-6-15-7-5-13/h11-14H,4-10H2,1-3H3. The van der Waals surface area contributed by atoms with Crippen molar-refractivity contribution in [2.75, 3.05) is 32.9 Å². The molecule has 0 spiro atoms. The number of hydrogen-bond donors (Lipinski definition) is 1. The average molecular weight is 229 g/mol. The molecule has 1 fully saturated rings. The van der Waals surface area contributed by atoms with E-state index in [0.717, 1.165) is 45.8 Å². The molecular weight excluding hydrogens is 202 g/mol. The molecule has 1 saturated heterocycles. The van der Waals surface area contributed by atoms with E-state index in [-0.39, 0.29) is 0 Å². The van der Waals surface area contributed by atoms with Gasteiger partial charge in [0, 0.05) is 26.4 Å². The highest BCUT2D eigenvalue weighted by Gasteiger charge is 2.15. The van der Waals surface area contributed by atoms with Crippen molar-refractivity contribution >= 4 is 0 Å². The van der Waals surface area contributed by atoms with Crippen LogP contribution in [0.2, 0.25) is 0 Å². The van der Waals surface area contributed by atoms with Gasteiger partial charge in [0.2, 0.25) is 0 Å².